The SMILES string of the molecule is COc1cc(C)c(C)cc1C(=O)N1CCOC2(CCN(C(=O)c3ccc(Oc4ccc(C(F)(F)F)cc4)cc3)C2)C1. The highest BCUT2D eigenvalue weighted by molar-refractivity contribution is 5.97. The van der Waals surface area contributed by atoms with Crippen LogP contribution in [0.3, 0.4) is 0 Å². The van der Waals surface area contributed by atoms with Gasteiger partial charge in [-0.2, -0.15) is 13.2 Å². The first-order chi connectivity index (χ1) is 19.5. The van der Waals surface area contributed by atoms with Crippen LogP contribution in [0.15, 0.2) is 60.7 Å². The van der Waals surface area contributed by atoms with Crippen LogP contribution in [0.1, 0.15) is 43.8 Å². The molecule has 0 saturated carbocycles. The lowest BCUT2D eigenvalue weighted by Gasteiger charge is -2.40. The van der Waals surface area contributed by atoms with E-state index >= 15 is 0 Å². The molecule has 2 aliphatic heterocycles. The van der Waals surface area contributed by atoms with Crippen molar-refractivity contribution in [1.82, 2.24) is 9.80 Å². The highest BCUT2D eigenvalue weighted by Crippen LogP contribution is 2.34. The average Bonchev–Trinajstić information content (AvgIpc) is 3.36. The Labute approximate surface area is 236 Å². The molecule has 0 bridgehead atoms. The second-order valence-corrected chi connectivity index (χ2v) is 10.5. The van der Waals surface area contributed by atoms with Crippen molar-refractivity contribution >= 4 is 11.8 Å². The number of amides is 2. The maximum atomic E-state index is 13.5. The van der Waals surface area contributed by atoms with Crippen LogP contribution in [0.4, 0.5) is 13.2 Å². The molecule has 2 amide bonds. The third-order valence-corrected chi connectivity index (χ3v) is 7.70. The van der Waals surface area contributed by atoms with Crippen LogP contribution < -0.4 is 9.47 Å². The van der Waals surface area contributed by atoms with Gasteiger partial charge in [-0.3, -0.25) is 9.59 Å². The fourth-order valence-electron chi connectivity index (χ4n) is 5.28. The van der Waals surface area contributed by atoms with Crippen LogP contribution in [0.5, 0.6) is 17.2 Å². The summed E-state index contributed by atoms with van der Waals surface area (Å²) in [5, 5.41) is 0. The lowest BCUT2D eigenvalue weighted by atomic mass is 9.99. The lowest BCUT2D eigenvalue weighted by Crippen LogP contribution is -2.55. The zero-order valence-corrected chi connectivity index (χ0v) is 23.1. The van der Waals surface area contributed by atoms with E-state index in [1.807, 2.05) is 26.0 Å². The van der Waals surface area contributed by atoms with Gasteiger partial charge >= 0.3 is 6.18 Å². The molecule has 10 heteroatoms. The molecule has 1 atom stereocenters. The minimum atomic E-state index is -4.42. The molecule has 3 aromatic rings. The molecule has 1 unspecified atom stereocenters. The molecular formula is C31H31F3N2O5. The first kappa shape index (κ1) is 28.5. The molecule has 0 radical (unpaired) electrons. The van der Waals surface area contributed by atoms with Crippen LogP contribution in [0.25, 0.3) is 0 Å². The van der Waals surface area contributed by atoms with Crippen molar-refractivity contribution in [2.45, 2.75) is 32.0 Å². The van der Waals surface area contributed by atoms with Crippen molar-refractivity contribution in [1.29, 1.82) is 0 Å². The van der Waals surface area contributed by atoms with Gasteiger partial charge in [-0.15, -0.1) is 0 Å². The quantitative estimate of drug-likeness (QED) is 0.385. The number of carbonyl (C=O) groups excluding carboxylic acids is 2. The van der Waals surface area contributed by atoms with Crippen LogP contribution in [0.2, 0.25) is 0 Å². The normalized spacial score (nSPS) is 19.0. The van der Waals surface area contributed by atoms with E-state index in [1.165, 1.54) is 12.1 Å². The van der Waals surface area contributed by atoms with Crippen LogP contribution in [0, 0.1) is 13.8 Å². The first-order valence-corrected chi connectivity index (χ1v) is 13.3. The number of carbonyl (C=O) groups is 2. The average molecular weight is 569 g/mol. The highest BCUT2D eigenvalue weighted by atomic mass is 19.4. The molecule has 0 aliphatic carbocycles. The summed E-state index contributed by atoms with van der Waals surface area (Å²) in [7, 11) is 1.55. The van der Waals surface area contributed by atoms with E-state index in [0.717, 1.165) is 23.3 Å². The van der Waals surface area contributed by atoms with Gasteiger partial charge in [-0.1, -0.05) is 0 Å². The smallest absolute Gasteiger partial charge is 0.416 e. The number of aryl methyl sites for hydroxylation is 2. The third kappa shape index (κ3) is 6.02. The van der Waals surface area contributed by atoms with Crippen molar-refractivity contribution in [3.8, 4) is 17.2 Å². The largest absolute Gasteiger partial charge is 0.496 e. The van der Waals surface area contributed by atoms with E-state index in [2.05, 4.69) is 0 Å². The van der Waals surface area contributed by atoms with Crippen LogP contribution >= 0.6 is 0 Å². The van der Waals surface area contributed by atoms with Gasteiger partial charge in [0.2, 0.25) is 0 Å². The number of ether oxygens (including phenoxy) is 3. The summed E-state index contributed by atoms with van der Waals surface area (Å²) < 4.78 is 55.6. The summed E-state index contributed by atoms with van der Waals surface area (Å²) in [5.41, 5.74) is 1.60. The van der Waals surface area contributed by atoms with E-state index in [-0.39, 0.29) is 17.6 Å². The van der Waals surface area contributed by atoms with Gasteiger partial charge < -0.3 is 24.0 Å². The summed E-state index contributed by atoms with van der Waals surface area (Å²) in [5.74, 6) is 0.885. The molecule has 1 spiro atoms. The molecular weight excluding hydrogens is 537 g/mol. The maximum absolute atomic E-state index is 13.5. The second kappa shape index (κ2) is 11.1. The number of benzene rings is 3. The van der Waals surface area contributed by atoms with Crippen molar-refractivity contribution in [2.24, 2.45) is 0 Å². The Kier molecular flexibility index (Phi) is 7.70. The van der Waals surface area contributed by atoms with Gasteiger partial charge in [0.1, 0.15) is 22.8 Å². The van der Waals surface area contributed by atoms with Crippen molar-refractivity contribution in [2.75, 3.05) is 39.9 Å². The predicted octanol–water partition coefficient (Wildman–Crippen LogP) is 5.88. The fourth-order valence-corrected chi connectivity index (χ4v) is 5.28. The Morgan fingerprint density at radius 2 is 1.44 bits per heavy atom. The number of hydrogen-bond donors (Lipinski definition) is 0. The Hall–Kier alpha value is -4.05. The summed E-state index contributed by atoms with van der Waals surface area (Å²) in [6.07, 6.45) is -3.82. The summed E-state index contributed by atoms with van der Waals surface area (Å²) in [6.45, 7) is 5.95. The van der Waals surface area contributed by atoms with E-state index in [1.54, 1.807) is 41.2 Å². The molecule has 0 N–H and O–H groups in total. The van der Waals surface area contributed by atoms with Gasteiger partial charge in [0.15, 0.2) is 0 Å². The van der Waals surface area contributed by atoms with E-state index in [0.29, 0.717) is 61.8 Å². The zero-order chi connectivity index (χ0) is 29.4. The number of rotatable bonds is 5. The molecule has 0 aromatic heterocycles. The van der Waals surface area contributed by atoms with Gasteiger partial charge in [0.05, 0.1) is 37.9 Å². The molecule has 7 nitrogen and oxygen atoms in total. The Morgan fingerprint density at radius 3 is 2.05 bits per heavy atom. The number of likely N-dealkylation sites (tertiary alicyclic amines) is 1. The Balaban J connectivity index is 1.22. The highest BCUT2D eigenvalue weighted by Gasteiger charge is 2.45. The van der Waals surface area contributed by atoms with Crippen LogP contribution in [-0.4, -0.2) is 67.1 Å². The van der Waals surface area contributed by atoms with Gasteiger partial charge in [-0.05, 0) is 92.1 Å². The van der Waals surface area contributed by atoms with Gasteiger partial charge in [-0.25, -0.2) is 0 Å². The molecule has 2 aliphatic rings. The molecule has 41 heavy (non-hydrogen) atoms. The fraction of sp³-hybridized carbons (Fsp3) is 0.355. The van der Waals surface area contributed by atoms with Gasteiger partial charge in [0.25, 0.3) is 11.8 Å². The van der Waals surface area contributed by atoms with Crippen molar-refractivity contribution in [3.05, 3.63) is 88.5 Å². The molecule has 2 heterocycles. The zero-order valence-electron chi connectivity index (χ0n) is 23.1. The Bertz CT molecular complexity index is 1440. The van der Waals surface area contributed by atoms with Crippen molar-refractivity contribution < 1.29 is 37.0 Å². The van der Waals surface area contributed by atoms with E-state index in [4.69, 9.17) is 14.2 Å². The summed E-state index contributed by atoms with van der Waals surface area (Å²) >= 11 is 0. The minimum absolute atomic E-state index is 0.124. The monoisotopic (exact) mass is 568 g/mol. The maximum Gasteiger partial charge on any atom is 0.416 e. The van der Waals surface area contributed by atoms with Crippen molar-refractivity contribution in [3.63, 3.8) is 0 Å². The number of alkyl halides is 3. The summed E-state index contributed by atoms with van der Waals surface area (Å²) in [4.78, 5) is 30.3. The van der Waals surface area contributed by atoms with E-state index in [9.17, 15) is 22.8 Å². The molecule has 5 rings (SSSR count). The molecule has 216 valence electrons. The number of hydrogen-bond acceptors (Lipinski definition) is 5. The second-order valence-electron chi connectivity index (χ2n) is 10.5. The van der Waals surface area contributed by atoms with E-state index < -0.39 is 17.3 Å². The number of nitrogens with zero attached hydrogens (tertiary/aromatic N) is 2. The Morgan fingerprint density at radius 1 is 0.854 bits per heavy atom. The van der Waals surface area contributed by atoms with Crippen LogP contribution in [-0.2, 0) is 10.9 Å². The number of morpholine rings is 1. The summed E-state index contributed by atoms with van der Waals surface area (Å²) in [6, 6.07) is 14.6. The topological polar surface area (TPSA) is 68.3 Å². The number of halogens is 3. The molecule has 3 aromatic carbocycles. The number of methoxy groups -OCH3 is 1. The minimum Gasteiger partial charge on any atom is -0.496 e. The molecule has 2 saturated heterocycles. The first-order valence-electron chi connectivity index (χ1n) is 13.3. The third-order valence-electron chi connectivity index (χ3n) is 7.70. The predicted molar refractivity (Wildman–Crippen MR) is 146 cm³/mol. The molecule has 2 fully saturated rings. The standard InChI is InChI=1S/C31H31F3N2O5/c1-20-16-26(27(39-3)17-21(20)2)29(38)36-14-15-40-30(19-36)12-13-35(18-30)28(37)22-4-8-24(9-5-22)41-25-10-6-23(7-11-25)31(32,33)34/h4-11,16-17H,12-15,18-19H2,1-3H3. The van der Waals surface area contributed by atoms with Gasteiger partial charge in [0, 0.05) is 18.7 Å². The lowest BCUT2D eigenvalue weighted by molar-refractivity contribution is -0.137.